The molecule has 3 rings (SSSR count). The highest BCUT2D eigenvalue weighted by molar-refractivity contribution is 7.99. The van der Waals surface area contributed by atoms with Crippen LogP contribution >= 0.6 is 11.8 Å². The minimum atomic E-state index is 0.0712. The van der Waals surface area contributed by atoms with Crippen LogP contribution in [0.25, 0.3) is 0 Å². The molecule has 1 saturated carbocycles. The first-order valence-corrected chi connectivity index (χ1v) is 9.95. The molecule has 1 fully saturated rings. The summed E-state index contributed by atoms with van der Waals surface area (Å²) in [6, 6.07) is 8.27. The first-order chi connectivity index (χ1) is 12.6. The molecule has 8 heteroatoms. The number of aryl methyl sites for hydroxylation is 1. The molecule has 0 aliphatic heterocycles. The van der Waals surface area contributed by atoms with Crippen LogP contribution in [-0.4, -0.2) is 32.7 Å². The molecule has 1 aliphatic rings. The summed E-state index contributed by atoms with van der Waals surface area (Å²) in [7, 11) is 0. The van der Waals surface area contributed by atoms with Gasteiger partial charge in [0.25, 0.3) is 0 Å². The normalized spacial score (nSPS) is 14.3. The summed E-state index contributed by atoms with van der Waals surface area (Å²) < 4.78 is 0. The first kappa shape index (κ1) is 18.4. The van der Waals surface area contributed by atoms with Crippen LogP contribution in [0.5, 0.6) is 0 Å². The van der Waals surface area contributed by atoms with Gasteiger partial charge >= 0.3 is 0 Å². The molecule has 0 radical (unpaired) electrons. The maximum absolute atomic E-state index is 12.0. The van der Waals surface area contributed by atoms with E-state index in [4.69, 9.17) is 5.73 Å². The van der Waals surface area contributed by atoms with E-state index >= 15 is 0 Å². The van der Waals surface area contributed by atoms with Crippen molar-refractivity contribution < 1.29 is 4.79 Å². The Bertz CT molecular complexity index is 746. The van der Waals surface area contributed by atoms with Gasteiger partial charge in [-0.25, -0.2) is 0 Å². The fourth-order valence-corrected chi connectivity index (χ4v) is 3.58. The van der Waals surface area contributed by atoms with Crippen molar-refractivity contribution in [1.29, 1.82) is 0 Å². The number of aromatic nitrogens is 3. The Kier molecular flexibility index (Phi) is 6.27. The second kappa shape index (κ2) is 8.84. The van der Waals surface area contributed by atoms with E-state index < -0.39 is 0 Å². The number of rotatable bonds is 7. The van der Waals surface area contributed by atoms with Gasteiger partial charge in [-0.15, -0.1) is 11.8 Å². The highest BCUT2D eigenvalue weighted by atomic mass is 32.2. The summed E-state index contributed by atoms with van der Waals surface area (Å²) in [5.41, 5.74) is 7.85. The van der Waals surface area contributed by atoms with Crippen LogP contribution < -0.4 is 16.4 Å². The number of nitrogen functional groups attached to an aromatic ring is 1. The summed E-state index contributed by atoms with van der Waals surface area (Å²) >= 11 is 1.48. The van der Waals surface area contributed by atoms with Crippen molar-refractivity contribution in [1.82, 2.24) is 20.3 Å². The molecule has 0 atom stereocenters. The van der Waals surface area contributed by atoms with Crippen LogP contribution in [-0.2, 0) is 10.5 Å². The first-order valence-electron chi connectivity index (χ1n) is 8.80. The number of anilines is 3. The third kappa shape index (κ3) is 5.59. The number of nitrogens with zero attached hydrogens (tertiary/aromatic N) is 3. The molecule has 0 bridgehead atoms. The number of hydrogen-bond acceptors (Lipinski definition) is 7. The second-order valence-electron chi connectivity index (χ2n) is 6.47. The van der Waals surface area contributed by atoms with Crippen LogP contribution in [0.3, 0.4) is 0 Å². The quantitative estimate of drug-likeness (QED) is 0.686. The molecule has 1 aliphatic carbocycles. The van der Waals surface area contributed by atoms with Gasteiger partial charge < -0.3 is 16.4 Å². The van der Waals surface area contributed by atoms with Crippen LogP contribution in [0.4, 0.5) is 17.6 Å². The Labute approximate surface area is 157 Å². The smallest absolute Gasteiger partial charge is 0.232 e. The van der Waals surface area contributed by atoms with Crippen LogP contribution in [0.2, 0.25) is 0 Å². The summed E-state index contributed by atoms with van der Waals surface area (Å²) in [6.45, 7) is 2.03. The molecule has 1 heterocycles. The Morgan fingerprint density at radius 3 is 2.65 bits per heavy atom. The van der Waals surface area contributed by atoms with Gasteiger partial charge in [-0.1, -0.05) is 30.5 Å². The summed E-state index contributed by atoms with van der Waals surface area (Å²) in [4.78, 5) is 24.6. The van der Waals surface area contributed by atoms with Gasteiger partial charge in [0.1, 0.15) is 5.82 Å². The number of carbonyl (C=O) groups excluding carboxylic acids is 1. The minimum Gasteiger partial charge on any atom is -0.368 e. The van der Waals surface area contributed by atoms with Crippen molar-refractivity contribution in [2.45, 2.75) is 44.4 Å². The third-order valence-corrected chi connectivity index (χ3v) is 5.12. The van der Waals surface area contributed by atoms with Crippen molar-refractivity contribution in [3.05, 3.63) is 35.7 Å². The van der Waals surface area contributed by atoms with E-state index in [1.54, 1.807) is 0 Å². The number of hydrogen-bond donors (Lipinski definition) is 3. The summed E-state index contributed by atoms with van der Waals surface area (Å²) in [5, 5.41) is 6.20. The number of carbonyl (C=O) groups is 1. The number of amides is 1. The standard InChI is InChI=1S/C18H24N6OS/c1-12-6-8-14(9-7-12)21-18-23-15(22-17(19)24-18)10-26-11-16(25)20-13-4-2-3-5-13/h6-9,13H,2-5,10-11H2,1H3,(H,20,25)(H3,19,21,22,23,24). The zero-order valence-electron chi connectivity index (χ0n) is 14.9. The molecule has 0 spiro atoms. The lowest BCUT2D eigenvalue weighted by molar-refractivity contribution is -0.119. The van der Waals surface area contributed by atoms with Crippen molar-refractivity contribution >= 4 is 35.3 Å². The monoisotopic (exact) mass is 372 g/mol. The zero-order chi connectivity index (χ0) is 18.4. The molecule has 26 heavy (non-hydrogen) atoms. The van der Waals surface area contributed by atoms with Crippen molar-refractivity contribution in [2.24, 2.45) is 0 Å². The van der Waals surface area contributed by atoms with Crippen LogP contribution in [0.1, 0.15) is 37.1 Å². The predicted octanol–water partition coefficient (Wildman–Crippen LogP) is 2.80. The molecular weight excluding hydrogens is 348 g/mol. The Morgan fingerprint density at radius 2 is 1.92 bits per heavy atom. The maximum atomic E-state index is 12.0. The van der Waals surface area contributed by atoms with E-state index in [0.29, 0.717) is 29.3 Å². The van der Waals surface area contributed by atoms with Gasteiger partial charge in [0.15, 0.2) is 0 Å². The maximum Gasteiger partial charge on any atom is 0.232 e. The van der Waals surface area contributed by atoms with Crippen molar-refractivity contribution in [2.75, 3.05) is 16.8 Å². The number of nitrogens with two attached hydrogens (primary N) is 1. The van der Waals surface area contributed by atoms with Gasteiger partial charge in [-0.3, -0.25) is 4.79 Å². The Morgan fingerprint density at radius 1 is 1.19 bits per heavy atom. The van der Waals surface area contributed by atoms with E-state index in [0.717, 1.165) is 18.5 Å². The van der Waals surface area contributed by atoms with E-state index in [-0.39, 0.29) is 11.9 Å². The van der Waals surface area contributed by atoms with E-state index in [1.165, 1.54) is 30.2 Å². The molecule has 138 valence electrons. The summed E-state index contributed by atoms with van der Waals surface area (Å²) in [6.07, 6.45) is 4.60. The fraction of sp³-hybridized carbons (Fsp3) is 0.444. The van der Waals surface area contributed by atoms with Gasteiger partial charge in [0.2, 0.25) is 17.8 Å². The lowest BCUT2D eigenvalue weighted by Crippen LogP contribution is -2.33. The van der Waals surface area contributed by atoms with Crippen LogP contribution in [0.15, 0.2) is 24.3 Å². The summed E-state index contributed by atoms with van der Waals surface area (Å²) in [5.74, 6) is 2.11. The van der Waals surface area contributed by atoms with Crippen molar-refractivity contribution in [3.63, 3.8) is 0 Å². The zero-order valence-corrected chi connectivity index (χ0v) is 15.7. The Balaban J connectivity index is 1.52. The third-order valence-electron chi connectivity index (χ3n) is 4.19. The average molecular weight is 372 g/mol. The van der Waals surface area contributed by atoms with Crippen molar-refractivity contribution in [3.8, 4) is 0 Å². The average Bonchev–Trinajstić information content (AvgIpc) is 3.09. The molecule has 1 amide bonds. The minimum absolute atomic E-state index is 0.0712. The molecular formula is C18H24N6OS. The Hall–Kier alpha value is -2.35. The molecule has 2 aromatic rings. The van der Waals surface area contributed by atoms with E-state index in [9.17, 15) is 4.79 Å². The van der Waals surface area contributed by atoms with Gasteiger partial charge in [-0.05, 0) is 31.9 Å². The fourth-order valence-electron chi connectivity index (χ4n) is 2.90. The molecule has 0 unspecified atom stereocenters. The SMILES string of the molecule is Cc1ccc(Nc2nc(N)nc(CSCC(=O)NC3CCCC3)n2)cc1. The number of thioether (sulfide) groups is 1. The molecule has 4 N–H and O–H groups in total. The van der Waals surface area contributed by atoms with Gasteiger partial charge in [-0.2, -0.15) is 15.0 Å². The van der Waals surface area contributed by atoms with Gasteiger partial charge in [0, 0.05) is 11.7 Å². The topological polar surface area (TPSA) is 106 Å². The second-order valence-corrected chi connectivity index (χ2v) is 7.45. The molecule has 7 nitrogen and oxygen atoms in total. The molecule has 0 saturated heterocycles. The van der Waals surface area contributed by atoms with Crippen LogP contribution in [0, 0.1) is 6.92 Å². The highest BCUT2D eigenvalue weighted by Gasteiger charge is 2.17. The lowest BCUT2D eigenvalue weighted by Gasteiger charge is -2.11. The van der Waals surface area contributed by atoms with E-state index in [1.807, 2.05) is 31.2 Å². The largest absolute Gasteiger partial charge is 0.368 e. The number of benzene rings is 1. The lowest BCUT2D eigenvalue weighted by atomic mass is 10.2. The van der Waals surface area contributed by atoms with Gasteiger partial charge in [0.05, 0.1) is 11.5 Å². The molecule has 1 aromatic heterocycles. The highest BCUT2D eigenvalue weighted by Crippen LogP contribution is 2.19. The predicted molar refractivity (Wildman–Crippen MR) is 105 cm³/mol. The molecule has 1 aromatic carbocycles. The number of nitrogens with one attached hydrogen (secondary N) is 2. The van der Waals surface area contributed by atoms with E-state index in [2.05, 4.69) is 25.6 Å².